The predicted octanol–water partition coefficient (Wildman–Crippen LogP) is 0.416. The van der Waals surface area contributed by atoms with Gasteiger partial charge in [0.1, 0.15) is 5.82 Å². The minimum absolute atomic E-state index is 0.387. The number of nitrogens with two attached hydrogens (primary N) is 1. The van der Waals surface area contributed by atoms with Crippen LogP contribution in [0.15, 0.2) is 18.5 Å². The Kier molecular flexibility index (Phi) is 3.20. The van der Waals surface area contributed by atoms with Crippen LogP contribution in [0, 0.1) is 6.92 Å². The molecule has 0 fully saturated rings. The second-order valence-corrected chi connectivity index (χ2v) is 3.68. The molecule has 2 aromatic heterocycles. The minimum atomic E-state index is 0.387. The van der Waals surface area contributed by atoms with Crippen LogP contribution in [0.25, 0.3) is 0 Å². The molecule has 2 aromatic rings. The first-order chi connectivity index (χ1) is 8.19. The van der Waals surface area contributed by atoms with Crippen LogP contribution in [0.4, 0.5) is 11.8 Å². The highest BCUT2D eigenvalue weighted by molar-refractivity contribution is 5.39. The van der Waals surface area contributed by atoms with Crippen molar-refractivity contribution in [3.8, 4) is 0 Å². The SMILES string of the molecule is Cc1nn(C)cc1CNc1ccnc(NN)n1. The van der Waals surface area contributed by atoms with E-state index in [1.54, 1.807) is 16.9 Å². The zero-order chi connectivity index (χ0) is 12.3. The summed E-state index contributed by atoms with van der Waals surface area (Å²) < 4.78 is 1.79. The average Bonchev–Trinajstić information content (AvgIpc) is 2.65. The van der Waals surface area contributed by atoms with Crippen molar-refractivity contribution in [2.45, 2.75) is 13.5 Å². The Bertz CT molecular complexity index is 505. The summed E-state index contributed by atoms with van der Waals surface area (Å²) in [5, 5.41) is 7.46. The Morgan fingerprint density at radius 3 is 2.94 bits per heavy atom. The van der Waals surface area contributed by atoms with E-state index in [1.165, 1.54) is 0 Å². The number of rotatable bonds is 4. The van der Waals surface area contributed by atoms with E-state index in [1.807, 2.05) is 20.2 Å². The van der Waals surface area contributed by atoms with E-state index in [0.717, 1.165) is 17.1 Å². The molecule has 0 aliphatic heterocycles. The third-order valence-corrected chi connectivity index (χ3v) is 2.36. The number of hydrogen-bond donors (Lipinski definition) is 3. The van der Waals surface area contributed by atoms with E-state index in [2.05, 4.69) is 25.8 Å². The van der Waals surface area contributed by atoms with Crippen molar-refractivity contribution in [1.29, 1.82) is 0 Å². The van der Waals surface area contributed by atoms with Gasteiger partial charge in [-0.1, -0.05) is 0 Å². The maximum absolute atomic E-state index is 5.24. The molecule has 0 saturated heterocycles. The molecular weight excluding hydrogens is 218 g/mol. The topological polar surface area (TPSA) is 93.7 Å². The van der Waals surface area contributed by atoms with Gasteiger partial charge < -0.3 is 5.32 Å². The highest BCUT2D eigenvalue weighted by Crippen LogP contribution is 2.09. The third kappa shape index (κ3) is 2.70. The van der Waals surface area contributed by atoms with E-state index in [-0.39, 0.29) is 0 Å². The van der Waals surface area contributed by atoms with Crippen molar-refractivity contribution in [3.05, 3.63) is 29.7 Å². The first-order valence-corrected chi connectivity index (χ1v) is 5.21. The van der Waals surface area contributed by atoms with Crippen LogP contribution in [0.3, 0.4) is 0 Å². The molecule has 0 bridgehead atoms. The predicted molar refractivity (Wildman–Crippen MR) is 65.1 cm³/mol. The Balaban J connectivity index is 2.04. The van der Waals surface area contributed by atoms with E-state index >= 15 is 0 Å². The minimum Gasteiger partial charge on any atom is -0.366 e. The fourth-order valence-electron chi connectivity index (χ4n) is 1.53. The van der Waals surface area contributed by atoms with Crippen molar-refractivity contribution in [3.63, 3.8) is 0 Å². The number of anilines is 2. The fraction of sp³-hybridized carbons (Fsp3) is 0.300. The van der Waals surface area contributed by atoms with Gasteiger partial charge in [-0.2, -0.15) is 10.1 Å². The van der Waals surface area contributed by atoms with Gasteiger partial charge in [0.2, 0.25) is 5.95 Å². The Hall–Kier alpha value is -2.15. The van der Waals surface area contributed by atoms with Crippen molar-refractivity contribution in [2.75, 3.05) is 10.7 Å². The normalized spacial score (nSPS) is 10.3. The Morgan fingerprint density at radius 2 is 2.29 bits per heavy atom. The van der Waals surface area contributed by atoms with Crippen molar-refractivity contribution < 1.29 is 0 Å². The molecule has 90 valence electrons. The largest absolute Gasteiger partial charge is 0.366 e. The smallest absolute Gasteiger partial charge is 0.239 e. The number of nitrogens with one attached hydrogen (secondary N) is 2. The maximum Gasteiger partial charge on any atom is 0.239 e. The number of hydrazine groups is 1. The van der Waals surface area contributed by atoms with Gasteiger partial charge in [0, 0.05) is 31.5 Å². The van der Waals surface area contributed by atoms with Gasteiger partial charge in [0.25, 0.3) is 0 Å². The Labute approximate surface area is 99.0 Å². The first kappa shape index (κ1) is 11.3. The van der Waals surface area contributed by atoms with Crippen molar-refractivity contribution >= 4 is 11.8 Å². The molecular formula is C10H15N7. The zero-order valence-electron chi connectivity index (χ0n) is 9.81. The number of nitrogens with zero attached hydrogens (tertiary/aromatic N) is 4. The molecule has 0 aromatic carbocycles. The van der Waals surface area contributed by atoms with Crippen LogP contribution in [0.2, 0.25) is 0 Å². The lowest BCUT2D eigenvalue weighted by molar-refractivity contribution is 0.756. The van der Waals surface area contributed by atoms with Gasteiger partial charge >= 0.3 is 0 Å². The quantitative estimate of drug-likeness (QED) is 0.523. The summed E-state index contributed by atoms with van der Waals surface area (Å²) in [6.07, 6.45) is 3.62. The number of aryl methyl sites for hydroxylation is 2. The van der Waals surface area contributed by atoms with Gasteiger partial charge in [0.15, 0.2) is 0 Å². The maximum atomic E-state index is 5.24. The molecule has 7 heteroatoms. The molecule has 0 spiro atoms. The highest BCUT2D eigenvalue weighted by Gasteiger charge is 2.03. The van der Waals surface area contributed by atoms with Crippen molar-refractivity contribution in [1.82, 2.24) is 19.7 Å². The van der Waals surface area contributed by atoms with Gasteiger partial charge in [-0.25, -0.2) is 10.8 Å². The summed E-state index contributed by atoms with van der Waals surface area (Å²) in [7, 11) is 1.90. The van der Waals surface area contributed by atoms with E-state index in [9.17, 15) is 0 Å². The summed E-state index contributed by atoms with van der Waals surface area (Å²) in [4.78, 5) is 8.09. The second kappa shape index (κ2) is 4.79. The monoisotopic (exact) mass is 233 g/mol. The molecule has 0 atom stereocenters. The van der Waals surface area contributed by atoms with E-state index < -0.39 is 0 Å². The molecule has 0 radical (unpaired) electrons. The third-order valence-electron chi connectivity index (χ3n) is 2.36. The fourth-order valence-corrected chi connectivity index (χ4v) is 1.53. The van der Waals surface area contributed by atoms with Crippen LogP contribution < -0.4 is 16.6 Å². The van der Waals surface area contributed by atoms with Gasteiger partial charge in [-0.3, -0.25) is 10.1 Å². The van der Waals surface area contributed by atoms with Crippen molar-refractivity contribution in [2.24, 2.45) is 12.9 Å². The lowest BCUT2D eigenvalue weighted by Crippen LogP contribution is -2.11. The zero-order valence-corrected chi connectivity index (χ0v) is 9.81. The summed E-state index contributed by atoms with van der Waals surface area (Å²) in [6, 6.07) is 1.78. The van der Waals surface area contributed by atoms with Gasteiger partial charge in [0.05, 0.1) is 5.69 Å². The van der Waals surface area contributed by atoms with Gasteiger partial charge in [-0.05, 0) is 13.0 Å². The molecule has 0 aliphatic rings. The van der Waals surface area contributed by atoms with Gasteiger partial charge in [-0.15, -0.1) is 0 Å². The lowest BCUT2D eigenvalue weighted by Gasteiger charge is -2.05. The Morgan fingerprint density at radius 1 is 1.47 bits per heavy atom. The number of nitrogen functional groups attached to an aromatic ring is 1. The summed E-state index contributed by atoms with van der Waals surface area (Å²) in [5.41, 5.74) is 4.54. The molecule has 0 aliphatic carbocycles. The molecule has 17 heavy (non-hydrogen) atoms. The van der Waals surface area contributed by atoms with Crippen LogP contribution >= 0.6 is 0 Å². The summed E-state index contributed by atoms with van der Waals surface area (Å²) in [6.45, 7) is 2.64. The summed E-state index contributed by atoms with van der Waals surface area (Å²) in [5.74, 6) is 6.34. The molecule has 2 heterocycles. The van der Waals surface area contributed by atoms with E-state index in [0.29, 0.717) is 12.5 Å². The molecule has 0 unspecified atom stereocenters. The molecule has 7 nitrogen and oxygen atoms in total. The second-order valence-electron chi connectivity index (χ2n) is 3.68. The van der Waals surface area contributed by atoms with Crippen LogP contribution in [-0.2, 0) is 13.6 Å². The van der Waals surface area contributed by atoms with E-state index in [4.69, 9.17) is 5.84 Å². The summed E-state index contributed by atoms with van der Waals surface area (Å²) >= 11 is 0. The van der Waals surface area contributed by atoms with Crippen LogP contribution in [0.1, 0.15) is 11.3 Å². The molecule has 0 saturated carbocycles. The molecule has 4 N–H and O–H groups in total. The number of aromatic nitrogens is 4. The average molecular weight is 233 g/mol. The standard InChI is InChI=1S/C10H15N7/c1-7-8(6-17(2)16-7)5-13-9-3-4-12-10(14-9)15-11/h3-4,6H,5,11H2,1-2H3,(H2,12,13,14,15). The number of hydrogen-bond acceptors (Lipinski definition) is 6. The first-order valence-electron chi connectivity index (χ1n) is 5.21. The van der Waals surface area contributed by atoms with Crippen LogP contribution in [0.5, 0.6) is 0 Å². The molecule has 0 amide bonds. The highest BCUT2D eigenvalue weighted by atomic mass is 15.3. The van der Waals surface area contributed by atoms with Crippen LogP contribution in [-0.4, -0.2) is 19.7 Å². The molecule has 2 rings (SSSR count). The lowest BCUT2D eigenvalue weighted by atomic mass is 10.2.